The van der Waals surface area contributed by atoms with E-state index in [2.05, 4.69) is 17.3 Å². The molecule has 0 saturated carbocycles. The first-order chi connectivity index (χ1) is 8.18. The zero-order valence-electron chi connectivity index (χ0n) is 11.1. The van der Waals surface area contributed by atoms with Crippen LogP contribution in [0.5, 0.6) is 0 Å². The van der Waals surface area contributed by atoms with Crippen LogP contribution in [-0.4, -0.2) is 62.0 Å². The number of amides is 1. The SMILES string of the molecule is CN1CCC(N(C)C(=O)[C@H]2CCCNC2)CC1. The molecule has 2 rings (SSSR count). The predicted molar refractivity (Wildman–Crippen MR) is 68.9 cm³/mol. The molecule has 2 aliphatic heterocycles. The molecule has 0 aromatic rings. The zero-order chi connectivity index (χ0) is 12.3. The minimum atomic E-state index is 0.216. The number of nitrogens with zero attached hydrogens (tertiary/aromatic N) is 2. The molecule has 98 valence electrons. The lowest BCUT2D eigenvalue weighted by Crippen LogP contribution is -2.48. The first kappa shape index (κ1) is 12.8. The molecule has 1 atom stereocenters. The first-order valence-corrected chi connectivity index (χ1v) is 6.84. The Hall–Kier alpha value is -0.610. The van der Waals surface area contributed by atoms with E-state index < -0.39 is 0 Å². The molecule has 1 amide bonds. The van der Waals surface area contributed by atoms with Gasteiger partial charge in [0.25, 0.3) is 0 Å². The van der Waals surface area contributed by atoms with Crippen LogP contribution in [0.2, 0.25) is 0 Å². The van der Waals surface area contributed by atoms with E-state index in [0.717, 1.165) is 51.9 Å². The molecule has 2 heterocycles. The van der Waals surface area contributed by atoms with Crippen molar-refractivity contribution >= 4 is 5.91 Å². The summed E-state index contributed by atoms with van der Waals surface area (Å²) in [6.07, 6.45) is 4.44. The lowest BCUT2D eigenvalue weighted by Gasteiger charge is -2.37. The number of rotatable bonds is 2. The van der Waals surface area contributed by atoms with Crippen LogP contribution in [-0.2, 0) is 4.79 Å². The van der Waals surface area contributed by atoms with E-state index in [1.165, 1.54) is 0 Å². The van der Waals surface area contributed by atoms with Crippen LogP contribution in [0, 0.1) is 5.92 Å². The normalized spacial score (nSPS) is 28.0. The fraction of sp³-hybridized carbons (Fsp3) is 0.923. The van der Waals surface area contributed by atoms with E-state index >= 15 is 0 Å². The average molecular weight is 239 g/mol. The molecule has 17 heavy (non-hydrogen) atoms. The highest BCUT2D eigenvalue weighted by Gasteiger charge is 2.29. The van der Waals surface area contributed by atoms with Gasteiger partial charge in [0.1, 0.15) is 0 Å². The highest BCUT2D eigenvalue weighted by atomic mass is 16.2. The van der Waals surface area contributed by atoms with Gasteiger partial charge in [0.05, 0.1) is 5.92 Å². The molecular weight excluding hydrogens is 214 g/mol. The van der Waals surface area contributed by atoms with E-state index in [-0.39, 0.29) is 5.92 Å². The standard InChI is InChI=1S/C13H25N3O/c1-15-8-5-12(6-9-15)16(2)13(17)11-4-3-7-14-10-11/h11-12,14H,3-10H2,1-2H3/t11-/m0/s1. The maximum atomic E-state index is 12.4. The Morgan fingerprint density at radius 2 is 2.00 bits per heavy atom. The molecule has 1 N–H and O–H groups in total. The lowest BCUT2D eigenvalue weighted by atomic mass is 9.96. The quantitative estimate of drug-likeness (QED) is 0.764. The molecule has 0 aromatic carbocycles. The summed E-state index contributed by atoms with van der Waals surface area (Å²) in [6, 6.07) is 0.459. The van der Waals surface area contributed by atoms with E-state index in [4.69, 9.17) is 0 Å². The number of likely N-dealkylation sites (tertiary alicyclic amines) is 1. The molecule has 0 aliphatic carbocycles. The Labute approximate surface area is 104 Å². The average Bonchev–Trinajstić information content (AvgIpc) is 2.39. The zero-order valence-corrected chi connectivity index (χ0v) is 11.1. The molecule has 2 fully saturated rings. The second kappa shape index (κ2) is 5.83. The van der Waals surface area contributed by atoms with Gasteiger partial charge in [-0.25, -0.2) is 0 Å². The molecule has 4 heteroatoms. The maximum absolute atomic E-state index is 12.4. The van der Waals surface area contributed by atoms with Crippen molar-refractivity contribution in [3.63, 3.8) is 0 Å². The summed E-state index contributed by atoms with van der Waals surface area (Å²) in [4.78, 5) is 16.7. The van der Waals surface area contributed by atoms with Gasteiger partial charge < -0.3 is 15.1 Å². The van der Waals surface area contributed by atoms with Crippen LogP contribution in [0.3, 0.4) is 0 Å². The van der Waals surface area contributed by atoms with E-state index in [1.54, 1.807) is 0 Å². The number of carbonyl (C=O) groups excluding carboxylic acids is 1. The van der Waals surface area contributed by atoms with Crippen LogP contribution in [0.1, 0.15) is 25.7 Å². The molecule has 0 spiro atoms. The summed E-state index contributed by atoms with van der Waals surface area (Å²) in [5, 5.41) is 3.32. The van der Waals surface area contributed by atoms with Gasteiger partial charge in [-0.05, 0) is 52.4 Å². The second-order valence-corrected chi connectivity index (χ2v) is 5.53. The Balaban J connectivity index is 1.85. The molecular formula is C13H25N3O. The summed E-state index contributed by atoms with van der Waals surface area (Å²) in [7, 11) is 4.15. The van der Waals surface area contributed by atoms with Gasteiger partial charge in [-0.1, -0.05) is 0 Å². The van der Waals surface area contributed by atoms with Crippen molar-refractivity contribution in [3.8, 4) is 0 Å². The van der Waals surface area contributed by atoms with Gasteiger partial charge in [0.2, 0.25) is 5.91 Å². The van der Waals surface area contributed by atoms with Crippen LogP contribution >= 0.6 is 0 Å². The van der Waals surface area contributed by atoms with Gasteiger partial charge in [0.15, 0.2) is 0 Å². The van der Waals surface area contributed by atoms with Crippen LogP contribution < -0.4 is 5.32 Å². The van der Waals surface area contributed by atoms with Gasteiger partial charge in [-0.15, -0.1) is 0 Å². The maximum Gasteiger partial charge on any atom is 0.226 e. The third-order valence-corrected chi connectivity index (χ3v) is 4.23. The van der Waals surface area contributed by atoms with Crippen LogP contribution in [0.25, 0.3) is 0 Å². The number of piperidine rings is 2. The van der Waals surface area contributed by atoms with Crippen molar-refractivity contribution in [3.05, 3.63) is 0 Å². The van der Waals surface area contributed by atoms with Crippen LogP contribution in [0.4, 0.5) is 0 Å². The molecule has 2 aliphatic rings. The van der Waals surface area contributed by atoms with Crippen molar-refractivity contribution < 1.29 is 4.79 Å². The van der Waals surface area contributed by atoms with E-state index in [0.29, 0.717) is 11.9 Å². The van der Waals surface area contributed by atoms with Crippen molar-refractivity contribution in [2.75, 3.05) is 40.3 Å². The summed E-state index contributed by atoms with van der Waals surface area (Å²) < 4.78 is 0. The van der Waals surface area contributed by atoms with Crippen molar-refractivity contribution in [1.82, 2.24) is 15.1 Å². The number of hydrogen-bond donors (Lipinski definition) is 1. The Kier molecular flexibility index (Phi) is 4.40. The van der Waals surface area contributed by atoms with Crippen LogP contribution in [0.15, 0.2) is 0 Å². The smallest absolute Gasteiger partial charge is 0.226 e. The van der Waals surface area contributed by atoms with Gasteiger partial charge in [-0.3, -0.25) is 4.79 Å². The number of hydrogen-bond acceptors (Lipinski definition) is 3. The van der Waals surface area contributed by atoms with Crippen molar-refractivity contribution in [2.24, 2.45) is 5.92 Å². The minimum absolute atomic E-state index is 0.216. The third-order valence-electron chi connectivity index (χ3n) is 4.23. The fourth-order valence-corrected chi connectivity index (χ4v) is 2.91. The number of nitrogens with one attached hydrogen (secondary N) is 1. The third kappa shape index (κ3) is 3.19. The topological polar surface area (TPSA) is 35.6 Å². The van der Waals surface area contributed by atoms with E-state index in [9.17, 15) is 4.79 Å². The lowest BCUT2D eigenvalue weighted by molar-refractivity contribution is -0.137. The first-order valence-electron chi connectivity index (χ1n) is 6.84. The molecule has 0 radical (unpaired) electrons. The summed E-state index contributed by atoms with van der Waals surface area (Å²) >= 11 is 0. The summed E-state index contributed by atoms with van der Waals surface area (Å²) in [5.41, 5.74) is 0. The van der Waals surface area contributed by atoms with Crippen molar-refractivity contribution in [2.45, 2.75) is 31.7 Å². The van der Waals surface area contributed by atoms with Gasteiger partial charge in [0, 0.05) is 19.6 Å². The molecule has 0 bridgehead atoms. The molecule has 0 aromatic heterocycles. The Morgan fingerprint density at radius 3 is 2.59 bits per heavy atom. The molecule has 4 nitrogen and oxygen atoms in total. The monoisotopic (exact) mass is 239 g/mol. The Morgan fingerprint density at radius 1 is 1.29 bits per heavy atom. The van der Waals surface area contributed by atoms with Crippen molar-refractivity contribution in [1.29, 1.82) is 0 Å². The molecule has 2 saturated heterocycles. The highest BCUT2D eigenvalue weighted by Crippen LogP contribution is 2.19. The summed E-state index contributed by atoms with van der Waals surface area (Å²) in [5.74, 6) is 0.570. The van der Waals surface area contributed by atoms with Gasteiger partial charge >= 0.3 is 0 Å². The largest absolute Gasteiger partial charge is 0.342 e. The molecule has 0 unspecified atom stereocenters. The minimum Gasteiger partial charge on any atom is -0.342 e. The predicted octanol–water partition coefficient (Wildman–Crippen LogP) is 0.539. The fourth-order valence-electron chi connectivity index (χ4n) is 2.91. The van der Waals surface area contributed by atoms with Gasteiger partial charge in [-0.2, -0.15) is 0 Å². The number of carbonyl (C=O) groups is 1. The second-order valence-electron chi connectivity index (χ2n) is 5.53. The highest BCUT2D eigenvalue weighted by molar-refractivity contribution is 5.79. The summed E-state index contributed by atoms with van der Waals surface area (Å²) in [6.45, 7) is 4.17. The Bertz CT molecular complexity index is 255. The van der Waals surface area contributed by atoms with E-state index in [1.807, 2.05) is 11.9 Å².